The Kier molecular flexibility index (Phi) is 5.39. The topological polar surface area (TPSA) is 60.4 Å². The summed E-state index contributed by atoms with van der Waals surface area (Å²) in [5.74, 6) is -0.772. The summed E-state index contributed by atoms with van der Waals surface area (Å²) in [5.41, 5.74) is 2.25. The molecule has 6 atom stereocenters. The molecule has 30 heavy (non-hydrogen) atoms. The molecular formula is C24H29NO5. The van der Waals surface area contributed by atoms with Crippen LogP contribution >= 0.6 is 0 Å². The number of rotatable bonds is 5. The Morgan fingerprint density at radius 2 is 1.60 bits per heavy atom. The van der Waals surface area contributed by atoms with E-state index in [1.807, 2.05) is 55.3 Å². The maximum absolute atomic E-state index is 11.1. The van der Waals surface area contributed by atoms with Gasteiger partial charge in [0.25, 0.3) is 0 Å². The van der Waals surface area contributed by atoms with Crippen LogP contribution in [0.15, 0.2) is 60.7 Å². The molecule has 3 fully saturated rings. The van der Waals surface area contributed by atoms with E-state index in [0.717, 1.165) is 11.1 Å². The summed E-state index contributed by atoms with van der Waals surface area (Å²) in [4.78, 5) is 6.21. The van der Waals surface area contributed by atoms with Crippen LogP contribution in [0, 0.1) is 0 Å². The summed E-state index contributed by atoms with van der Waals surface area (Å²) in [7, 11) is 0. The van der Waals surface area contributed by atoms with Gasteiger partial charge in [0.15, 0.2) is 5.79 Å². The number of aliphatic hydroxyl groups is 1. The number of ether oxygens (including phenoxy) is 3. The summed E-state index contributed by atoms with van der Waals surface area (Å²) in [6.45, 7) is 4.86. The standard InChI is InChI=1S/C24H29NO5/c1-24(2)28-22-20(26)19-13-18(25(30-19)14-16-9-5-3-6-10-16)21(23(22)29-24)27-15-17-11-7-4-8-12-17/h3-12,18-23,26H,13-15H2,1-2H3/t18-,19+,20-,21+,22-,23-/m0/s1. The van der Waals surface area contributed by atoms with Gasteiger partial charge in [0.1, 0.15) is 30.5 Å². The van der Waals surface area contributed by atoms with Crippen molar-refractivity contribution in [1.29, 1.82) is 0 Å². The fraction of sp³-hybridized carbons (Fsp3) is 0.500. The zero-order valence-corrected chi connectivity index (χ0v) is 17.4. The molecule has 1 N–H and O–H groups in total. The van der Waals surface area contributed by atoms with Crippen molar-refractivity contribution in [3.8, 4) is 0 Å². The maximum Gasteiger partial charge on any atom is 0.164 e. The monoisotopic (exact) mass is 411 g/mol. The van der Waals surface area contributed by atoms with Gasteiger partial charge in [0, 0.05) is 6.54 Å². The molecule has 2 aromatic carbocycles. The van der Waals surface area contributed by atoms with Crippen molar-refractivity contribution < 1.29 is 24.2 Å². The molecule has 0 unspecified atom stereocenters. The number of aliphatic hydroxyl groups excluding tert-OH is 1. The van der Waals surface area contributed by atoms with Crippen LogP contribution in [-0.2, 0) is 32.2 Å². The highest BCUT2D eigenvalue weighted by Crippen LogP contribution is 2.43. The molecule has 0 aromatic heterocycles. The molecule has 0 radical (unpaired) electrons. The lowest BCUT2D eigenvalue weighted by Gasteiger charge is -2.36. The highest BCUT2D eigenvalue weighted by Gasteiger charge is 2.59. The van der Waals surface area contributed by atoms with E-state index < -0.39 is 18.0 Å². The minimum atomic E-state index is -0.773. The second kappa shape index (κ2) is 8.04. The van der Waals surface area contributed by atoms with Gasteiger partial charge in [-0.15, -0.1) is 0 Å². The molecule has 6 nitrogen and oxygen atoms in total. The molecule has 6 heteroatoms. The minimum absolute atomic E-state index is 0.0407. The zero-order valence-electron chi connectivity index (χ0n) is 17.4. The smallest absolute Gasteiger partial charge is 0.164 e. The largest absolute Gasteiger partial charge is 0.387 e. The van der Waals surface area contributed by atoms with Crippen LogP contribution in [0.5, 0.6) is 0 Å². The molecule has 0 spiro atoms. The van der Waals surface area contributed by atoms with Crippen LogP contribution in [0.3, 0.4) is 0 Å². The van der Waals surface area contributed by atoms with Gasteiger partial charge >= 0.3 is 0 Å². The molecule has 3 aliphatic rings. The van der Waals surface area contributed by atoms with Gasteiger partial charge in [-0.05, 0) is 31.4 Å². The first-order valence-corrected chi connectivity index (χ1v) is 10.7. The van der Waals surface area contributed by atoms with E-state index in [2.05, 4.69) is 24.3 Å². The van der Waals surface area contributed by atoms with E-state index >= 15 is 0 Å². The highest BCUT2D eigenvalue weighted by molar-refractivity contribution is 5.16. The summed E-state index contributed by atoms with van der Waals surface area (Å²) in [6.07, 6.45) is -1.57. The van der Waals surface area contributed by atoms with Crippen LogP contribution in [0.4, 0.5) is 0 Å². The predicted octanol–water partition coefficient (Wildman–Crippen LogP) is 3.04. The van der Waals surface area contributed by atoms with Gasteiger partial charge in [-0.2, -0.15) is 5.06 Å². The lowest BCUT2D eigenvalue weighted by molar-refractivity contribution is -0.237. The van der Waals surface area contributed by atoms with Gasteiger partial charge in [-0.25, -0.2) is 0 Å². The van der Waals surface area contributed by atoms with Crippen LogP contribution < -0.4 is 0 Å². The van der Waals surface area contributed by atoms with E-state index in [9.17, 15) is 5.11 Å². The number of fused-ring (bicyclic) bond motifs is 3. The number of hydrogen-bond donors (Lipinski definition) is 1. The zero-order chi connectivity index (χ0) is 20.7. The maximum atomic E-state index is 11.1. The lowest BCUT2D eigenvalue weighted by atomic mass is 10.0. The number of benzene rings is 2. The Hall–Kier alpha value is -1.80. The molecule has 1 saturated carbocycles. The van der Waals surface area contributed by atoms with Crippen molar-refractivity contribution in [3.63, 3.8) is 0 Å². The van der Waals surface area contributed by atoms with Crippen LogP contribution in [-0.4, -0.2) is 52.5 Å². The molecule has 2 saturated heterocycles. The normalized spacial score (nSPS) is 35.2. The molecule has 2 aliphatic heterocycles. The Balaban J connectivity index is 1.42. The van der Waals surface area contributed by atoms with E-state index in [1.54, 1.807) is 0 Å². The fourth-order valence-electron chi connectivity index (χ4n) is 4.81. The average molecular weight is 411 g/mol. The molecule has 2 aromatic rings. The Morgan fingerprint density at radius 1 is 0.967 bits per heavy atom. The van der Waals surface area contributed by atoms with Crippen LogP contribution in [0.2, 0.25) is 0 Å². The van der Waals surface area contributed by atoms with E-state index in [1.165, 1.54) is 0 Å². The lowest BCUT2D eigenvalue weighted by Crippen LogP contribution is -2.53. The van der Waals surface area contributed by atoms with E-state index in [4.69, 9.17) is 19.0 Å². The summed E-state index contributed by atoms with van der Waals surface area (Å²) in [5, 5.41) is 13.0. The van der Waals surface area contributed by atoms with Gasteiger partial charge in [-0.3, -0.25) is 4.84 Å². The Bertz CT molecular complexity index is 845. The van der Waals surface area contributed by atoms with E-state index in [0.29, 0.717) is 19.6 Å². The molecule has 5 rings (SSSR count). The van der Waals surface area contributed by atoms with Crippen molar-refractivity contribution in [2.75, 3.05) is 0 Å². The first-order chi connectivity index (χ1) is 14.5. The van der Waals surface area contributed by atoms with Crippen molar-refractivity contribution >= 4 is 0 Å². The number of nitrogens with zero attached hydrogens (tertiary/aromatic N) is 1. The fourth-order valence-corrected chi connectivity index (χ4v) is 4.81. The number of hydroxylamine groups is 2. The minimum Gasteiger partial charge on any atom is -0.387 e. The Morgan fingerprint density at radius 3 is 2.30 bits per heavy atom. The van der Waals surface area contributed by atoms with Gasteiger partial charge in [0.2, 0.25) is 0 Å². The second-order valence-electron chi connectivity index (χ2n) is 8.82. The van der Waals surface area contributed by atoms with E-state index in [-0.39, 0.29) is 24.4 Å². The van der Waals surface area contributed by atoms with Crippen molar-refractivity contribution in [2.24, 2.45) is 0 Å². The third kappa shape index (κ3) is 3.91. The van der Waals surface area contributed by atoms with Crippen molar-refractivity contribution in [2.45, 2.75) is 75.8 Å². The van der Waals surface area contributed by atoms with Crippen molar-refractivity contribution in [1.82, 2.24) is 5.06 Å². The van der Waals surface area contributed by atoms with Gasteiger partial charge < -0.3 is 19.3 Å². The summed E-state index contributed by atoms with van der Waals surface area (Å²) < 4.78 is 18.8. The predicted molar refractivity (Wildman–Crippen MR) is 110 cm³/mol. The molecule has 2 heterocycles. The molecular weight excluding hydrogens is 382 g/mol. The molecule has 2 bridgehead atoms. The second-order valence-corrected chi connectivity index (χ2v) is 8.82. The summed E-state index contributed by atoms with van der Waals surface area (Å²) in [6, 6.07) is 20.3. The summed E-state index contributed by atoms with van der Waals surface area (Å²) >= 11 is 0. The van der Waals surface area contributed by atoms with Gasteiger partial charge in [0.05, 0.1) is 12.6 Å². The molecule has 1 aliphatic carbocycles. The van der Waals surface area contributed by atoms with Crippen molar-refractivity contribution in [3.05, 3.63) is 71.8 Å². The average Bonchev–Trinajstić information content (AvgIpc) is 3.27. The molecule has 0 amide bonds. The first kappa shape index (κ1) is 20.1. The number of hydrogen-bond acceptors (Lipinski definition) is 6. The van der Waals surface area contributed by atoms with Gasteiger partial charge in [-0.1, -0.05) is 60.7 Å². The third-order valence-corrected chi connectivity index (χ3v) is 6.17. The third-order valence-electron chi connectivity index (χ3n) is 6.17. The highest BCUT2D eigenvalue weighted by atomic mass is 16.8. The quantitative estimate of drug-likeness (QED) is 0.816. The van der Waals surface area contributed by atoms with Crippen LogP contribution in [0.25, 0.3) is 0 Å². The SMILES string of the molecule is CC1(C)O[C@@H]2[C@@H](O1)[C@@H](O)[C@H]1C[C@@H]([C@H]2OCc2ccccc2)N(Cc2ccccc2)O1. The van der Waals surface area contributed by atoms with Crippen LogP contribution in [0.1, 0.15) is 31.4 Å². The first-order valence-electron chi connectivity index (χ1n) is 10.7. The Labute approximate surface area is 177 Å². The molecule has 160 valence electrons.